The molecular weight excluding hydrogens is 310 g/mol. The van der Waals surface area contributed by atoms with Crippen LogP contribution in [0, 0.1) is 0 Å². The molecule has 1 heterocycles. The monoisotopic (exact) mass is 327 g/mol. The van der Waals surface area contributed by atoms with E-state index >= 15 is 0 Å². The zero-order chi connectivity index (χ0) is 15.3. The predicted octanol–water partition coefficient (Wildman–Crippen LogP) is 3.13. The van der Waals surface area contributed by atoms with E-state index in [0.29, 0.717) is 23.8 Å². The molecule has 0 amide bonds. The summed E-state index contributed by atoms with van der Waals surface area (Å²) in [4.78, 5) is 0. The normalized spacial score (nSPS) is 11.5. The zero-order valence-corrected chi connectivity index (χ0v) is 13.4. The van der Waals surface area contributed by atoms with Crippen molar-refractivity contribution in [3.05, 3.63) is 47.1 Å². The van der Waals surface area contributed by atoms with Crippen LogP contribution < -0.4 is 4.72 Å². The van der Waals surface area contributed by atoms with E-state index in [1.165, 1.54) is 0 Å². The number of sulfonamides is 1. The third kappa shape index (κ3) is 4.75. The summed E-state index contributed by atoms with van der Waals surface area (Å²) in [5.74, 6) is 0.444. The van der Waals surface area contributed by atoms with Gasteiger partial charge in [-0.1, -0.05) is 43.1 Å². The summed E-state index contributed by atoms with van der Waals surface area (Å²) in [7, 11) is -3.32. The molecule has 0 aliphatic rings. The van der Waals surface area contributed by atoms with Crippen LogP contribution >= 0.6 is 11.6 Å². The standard InChI is InChI=1S/C14H18ClN3O2S/c1-2-3-10-21(19,20)17-14-8-9-18(16-14)11-12-6-4-5-7-13(12)15/h4-9H,2-3,10-11H2,1H3,(H,16,17). The molecule has 2 aromatic rings. The van der Waals surface area contributed by atoms with Crippen molar-refractivity contribution in [3.63, 3.8) is 0 Å². The first kappa shape index (κ1) is 15.9. The molecule has 1 aromatic carbocycles. The van der Waals surface area contributed by atoms with Gasteiger partial charge >= 0.3 is 0 Å². The van der Waals surface area contributed by atoms with E-state index in [9.17, 15) is 8.42 Å². The van der Waals surface area contributed by atoms with Crippen LogP contribution in [-0.2, 0) is 16.6 Å². The van der Waals surface area contributed by atoms with Crippen molar-refractivity contribution in [2.24, 2.45) is 0 Å². The molecule has 0 unspecified atom stereocenters. The Bertz CT molecular complexity index is 698. The lowest BCUT2D eigenvalue weighted by Crippen LogP contribution is -2.17. The molecule has 0 saturated heterocycles. The SMILES string of the molecule is CCCCS(=O)(=O)Nc1ccn(Cc2ccccc2Cl)n1. The van der Waals surface area contributed by atoms with E-state index < -0.39 is 10.0 Å². The second kappa shape index (κ2) is 6.95. The molecule has 2 rings (SSSR count). The van der Waals surface area contributed by atoms with Crippen molar-refractivity contribution < 1.29 is 8.42 Å². The van der Waals surface area contributed by atoms with Gasteiger partial charge in [0.15, 0.2) is 5.82 Å². The molecule has 5 nitrogen and oxygen atoms in total. The van der Waals surface area contributed by atoms with Crippen molar-refractivity contribution in [3.8, 4) is 0 Å². The summed E-state index contributed by atoms with van der Waals surface area (Å²) in [6, 6.07) is 9.13. The highest BCUT2D eigenvalue weighted by molar-refractivity contribution is 7.92. The fourth-order valence-corrected chi connectivity index (χ4v) is 3.24. The average molecular weight is 328 g/mol. The summed E-state index contributed by atoms with van der Waals surface area (Å²) in [6.45, 7) is 2.45. The van der Waals surface area contributed by atoms with Crippen LogP contribution in [0.5, 0.6) is 0 Å². The lowest BCUT2D eigenvalue weighted by Gasteiger charge is -2.05. The van der Waals surface area contributed by atoms with E-state index in [-0.39, 0.29) is 5.75 Å². The molecular formula is C14H18ClN3O2S. The summed E-state index contributed by atoms with van der Waals surface area (Å²) >= 11 is 6.09. The van der Waals surface area contributed by atoms with Crippen molar-refractivity contribution in [1.29, 1.82) is 0 Å². The van der Waals surface area contributed by atoms with Gasteiger partial charge in [0.2, 0.25) is 10.0 Å². The van der Waals surface area contributed by atoms with Crippen LogP contribution in [0.2, 0.25) is 5.02 Å². The Balaban J connectivity index is 2.03. The second-order valence-corrected chi connectivity index (χ2v) is 7.01. The van der Waals surface area contributed by atoms with Crippen LogP contribution in [0.25, 0.3) is 0 Å². The number of hydrogen-bond acceptors (Lipinski definition) is 3. The number of rotatable bonds is 7. The number of nitrogens with one attached hydrogen (secondary N) is 1. The number of unbranched alkanes of at least 4 members (excludes halogenated alkanes) is 1. The van der Waals surface area contributed by atoms with Crippen molar-refractivity contribution >= 4 is 27.4 Å². The molecule has 1 N–H and O–H groups in total. The first-order valence-electron chi connectivity index (χ1n) is 6.77. The first-order chi connectivity index (χ1) is 10.00. The van der Waals surface area contributed by atoms with Gasteiger partial charge in [-0.25, -0.2) is 8.42 Å². The van der Waals surface area contributed by atoms with Gasteiger partial charge in [-0.3, -0.25) is 9.40 Å². The van der Waals surface area contributed by atoms with Crippen molar-refractivity contribution in [1.82, 2.24) is 9.78 Å². The van der Waals surface area contributed by atoms with Crippen LogP contribution in [-0.4, -0.2) is 24.0 Å². The molecule has 0 spiro atoms. The molecule has 0 aliphatic heterocycles. The van der Waals surface area contributed by atoms with Gasteiger partial charge in [-0.05, 0) is 18.1 Å². The molecule has 0 fully saturated rings. The van der Waals surface area contributed by atoms with Crippen LogP contribution in [0.4, 0.5) is 5.82 Å². The maximum Gasteiger partial charge on any atom is 0.233 e. The quantitative estimate of drug-likeness (QED) is 0.849. The van der Waals surface area contributed by atoms with E-state index in [2.05, 4.69) is 9.82 Å². The fraction of sp³-hybridized carbons (Fsp3) is 0.357. The van der Waals surface area contributed by atoms with Gasteiger partial charge in [-0.2, -0.15) is 5.10 Å². The van der Waals surface area contributed by atoms with Crippen LogP contribution in [0.15, 0.2) is 36.5 Å². The third-order valence-corrected chi connectivity index (χ3v) is 4.67. The van der Waals surface area contributed by atoms with Crippen LogP contribution in [0.1, 0.15) is 25.3 Å². The lowest BCUT2D eigenvalue weighted by molar-refractivity contribution is 0.597. The summed E-state index contributed by atoms with van der Waals surface area (Å²) in [6.07, 6.45) is 3.19. The summed E-state index contributed by atoms with van der Waals surface area (Å²) in [5.41, 5.74) is 0.933. The van der Waals surface area contributed by atoms with E-state index in [4.69, 9.17) is 11.6 Å². The Hall–Kier alpha value is -1.53. The molecule has 1 aromatic heterocycles. The van der Waals surface area contributed by atoms with Gasteiger partial charge in [-0.15, -0.1) is 0 Å². The average Bonchev–Trinajstić information content (AvgIpc) is 2.86. The smallest absolute Gasteiger partial charge is 0.233 e. The minimum Gasteiger partial charge on any atom is -0.266 e. The maximum absolute atomic E-state index is 11.8. The number of anilines is 1. The Kier molecular flexibility index (Phi) is 5.25. The summed E-state index contributed by atoms with van der Waals surface area (Å²) < 4.78 is 27.7. The molecule has 114 valence electrons. The minimum absolute atomic E-state index is 0.112. The predicted molar refractivity (Wildman–Crippen MR) is 85.1 cm³/mol. The second-order valence-electron chi connectivity index (χ2n) is 4.76. The summed E-state index contributed by atoms with van der Waals surface area (Å²) in [5, 5.41) is 4.87. The molecule has 0 bridgehead atoms. The molecule has 0 saturated carbocycles. The Morgan fingerprint density at radius 2 is 2.05 bits per heavy atom. The van der Waals surface area contributed by atoms with Gasteiger partial charge in [0, 0.05) is 17.3 Å². The number of hydrogen-bond donors (Lipinski definition) is 1. The van der Waals surface area contributed by atoms with Gasteiger partial charge in [0.05, 0.1) is 12.3 Å². The zero-order valence-electron chi connectivity index (χ0n) is 11.8. The molecule has 7 heteroatoms. The van der Waals surface area contributed by atoms with Crippen molar-refractivity contribution in [2.45, 2.75) is 26.3 Å². The number of nitrogens with zero attached hydrogens (tertiary/aromatic N) is 2. The third-order valence-electron chi connectivity index (χ3n) is 2.96. The van der Waals surface area contributed by atoms with E-state index in [0.717, 1.165) is 12.0 Å². The van der Waals surface area contributed by atoms with Gasteiger partial charge in [0.1, 0.15) is 0 Å². The minimum atomic E-state index is -3.32. The van der Waals surface area contributed by atoms with Gasteiger partial charge < -0.3 is 0 Å². The molecule has 0 aliphatic carbocycles. The molecule has 0 radical (unpaired) electrons. The highest BCUT2D eigenvalue weighted by Crippen LogP contribution is 2.16. The lowest BCUT2D eigenvalue weighted by atomic mass is 10.2. The first-order valence-corrected chi connectivity index (χ1v) is 8.80. The van der Waals surface area contributed by atoms with Crippen molar-refractivity contribution in [2.75, 3.05) is 10.5 Å². The highest BCUT2D eigenvalue weighted by atomic mass is 35.5. The molecule has 21 heavy (non-hydrogen) atoms. The van der Waals surface area contributed by atoms with E-state index in [1.807, 2.05) is 31.2 Å². The maximum atomic E-state index is 11.8. The Morgan fingerprint density at radius 3 is 2.76 bits per heavy atom. The van der Waals surface area contributed by atoms with Gasteiger partial charge in [0.25, 0.3) is 0 Å². The Labute approximate surface area is 130 Å². The number of aromatic nitrogens is 2. The molecule has 0 atom stereocenters. The topological polar surface area (TPSA) is 64.0 Å². The van der Waals surface area contributed by atoms with Crippen LogP contribution in [0.3, 0.4) is 0 Å². The highest BCUT2D eigenvalue weighted by Gasteiger charge is 2.11. The van der Waals surface area contributed by atoms with E-state index in [1.54, 1.807) is 16.9 Å². The largest absolute Gasteiger partial charge is 0.266 e. The Morgan fingerprint density at radius 1 is 1.29 bits per heavy atom. The number of benzene rings is 1. The fourth-order valence-electron chi connectivity index (χ4n) is 1.85. The number of halogens is 1.